The molecular weight excluding hydrogens is 503 g/mol. The molecule has 0 aliphatic heterocycles. The molecule has 0 N–H and O–H groups in total. The van der Waals surface area contributed by atoms with Gasteiger partial charge < -0.3 is 13.7 Å². The van der Waals surface area contributed by atoms with E-state index in [1.165, 1.54) is 49.8 Å². The minimum atomic E-state index is -1.71. The van der Waals surface area contributed by atoms with Crippen LogP contribution >= 0.6 is 0 Å². The van der Waals surface area contributed by atoms with Gasteiger partial charge in [-0.25, -0.2) is 0 Å². The first-order valence-corrected chi connectivity index (χ1v) is 22.2. The standard InChI is InChI=1S/C32H53NO3Si2/c1-31-19-18-25(35-37(3,4)5)20-24(31)14-15-26-27-16-17-29(33-34-22-23-12-10-9-11-13-23)32(27,2)21-28(30(26)31)36-38(6,7)8/h9-13,24-28,30H,14-22H2,1-8H3/b33-29-/t24-,25-,26+,27+,28+,30-,31+,32+/m1/s1. The first-order valence-electron chi connectivity index (χ1n) is 15.4. The van der Waals surface area contributed by atoms with Crippen molar-refractivity contribution in [2.24, 2.45) is 39.7 Å². The molecule has 4 saturated carbocycles. The molecule has 4 aliphatic rings. The molecule has 4 fully saturated rings. The van der Waals surface area contributed by atoms with Crippen LogP contribution in [-0.4, -0.2) is 34.6 Å². The second-order valence-electron chi connectivity index (χ2n) is 15.4. The van der Waals surface area contributed by atoms with Gasteiger partial charge in [-0.3, -0.25) is 0 Å². The van der Waals surface area contributed by atoms with Gasteiger partial charge in [-0.1, -0.05) is 49.3 Å². The number of hydrogen-bond acceptors (Lipinski definition) is 4. The van der Waals surface area contributed by atoms with Crippen LogP contribution in [0.1, 0.15) is 70.8 Å². The molecule has 38 heavy (non-hydrogen) atoms. The number of oxime groups is 1. The maximum absolute atomic E-state index is 7.18. The van der Waals surface area contributed by atoms with Crippen LogP contribution in [0, 0.1) is 34.5 Å². The highest BCUT2D eigenvalue weighted by Crippen LogP contribution is 2.66. The van der Waals surface area contributed by atoms with Crippen molar-refractivity contribution in [1.82, 2.24) is 0 Å². The van der Waals surface area contributed by atoms with Gasteiger partial charge in [-0.05, 0) is 125 Å². The third-order valence-electron chi connectivity index (χ3n) is 10.5. The summed E-state index contributed by atoms with van der Waals surface area (Å²) in [6, 6.07) is 10.4. The van der Waals surface area contributed by atoms with Gasteiger partial charge >= 0.3 is 0 Å². The van der Waals surface area contributed by atoms with Gasteiger partial charge in [0.05, 0.1) is 5.71 Å². The predicted octanol–water partition coefficient (Wildman–Crippen LogP) is 8.65. The fraction of sp³-hybridized carbons (Fsp3) is 0.781. The Morgan fingerprint density at radius 1 is 0.895 bits per heavy atom. The van der Waals surface area contributed by atoms with E-state index in [9.17, 15) is 0 Å². The molecule has 1 aromatic carbocycles. The average molecular weight is 556 g/mol. The zero-order valence-electron chi connectivity index (χ0n) is 25.4. The third-order valence-corrected chi connectivity index (χ3v) is 12.6. The van der Waals surface area contributed by atoms with Crippen molar-refractivity contribution in [2.75, 3.05) is 0 Å². The summed E-state index contributed by atoms with van der Waals surface area (Å²) in [4.78, 5) is 5.99. The summed E-state index contributed by atoms with van der Waals surface area (Å²) in [6.07, 6.45) is 10.7. The summed E-state index contributed by atoms with van der Waals surface area (Å²) < 4.78 is 13.9. The second-order valence-corrected chi connectivity index (χ2v) is 24.3. The van der Waals surface area contributed by atoms with E-state index >= 15 is 0 Å². The fourth-order valence-corrected chi connectivity index (χ4v) is 11.5. The minimum Gasteiger partial charge on any atom is -0.415 e. The summed E-state index contributed by atoms with van der Waals surface area (Å²) in [5.74, 6) is 2.84. The smallest absolute Gasteiger partial charge is 0.184 e. The Hall–Kier alpha value is -0.956. The highest BCUT2D eigenvalue weighted by Gasteiger charge is 2.63. The van der Waals surface area contributed by atoms with Crippen LogP contribution in [0.2, 0.25) is 39.3 Å². The van der Waals surface area contributed by atoms with Crippen molar-refractivity contribution in [3.05, 3.63) is 35.9 Å². The first-order chi connectivity index (χ1) is 17.8. The van der Waals surface area contributed by atoms with Gasteiger partial charge in [-0.15, -0.1) is 0 Å². The number of nitrogens with zero attached hydrogens (tertiary/aromatic N) is 1. The highest BCUT2D eigenvalue weighted by atomic mass is 28.4. The van der Waals surface area contributed by atoms with Crippen LogP contribution in [0.3, 0.4) is 0 Å². The molecule has 0 amide bonds. The Kier molecular flexibility index (Phi) is 7.87. The normalized spacial score (nSPS) is 40.4. The van der Waals surface area contributed by atoms with Crippen LogP contribution in [0.5, 0.6) is 0 Å². The van der Waals surface area contributed by atoms with Crippen LogP contribution < -0.4 is 0 Å². The molecule has 0 aromatic heterocycles. The highest BCUT2D eigenvalue weighted by molar-refractivity contribution is 6.70. The summed E-state index contributed by atoms with van der Waals surface area (Å²) in [6.45, 7) is 19.9. The lowest BCUT2D eigenvalue weighted by Gasteiger charge is -2.63. The van der Waals surface area contributed by atoms with Crippen LogP contribution in [0.4, 0.5) is 0 Å². The average Bonchev–Trinajstić information content (AvgIpc) is 3.13. The van der Waals surface area contributed by atoms with Crippen LogP contribution in [0.15, 0.2) is 35.5 Å². The van der Waals surface area contributed by atoms with Crippen molar-refractivity contribution in [1.29, 1.82) is 0 Å². The molecule has 0 heterocycles. The van der Waals surface area contributed by atoms with E-state index in [0.29, 0.717) is 36.1 Å². The Labute approximate surface area is 234 Å². The van der Waals surface area contributed by atoms with Crippen molar-refractivity contribution >= 4 is 22.3 Å². The van der Waals surface area contributed by atoms with E-state index in [-0.39, 0.29) is 5.41 Å². The van der Waals surface area contributed by atoms with Crippen molar-refractivity contribution in [3.8, 4) is 0 Å². The number of hydrogen-bond donors (Lipinski definition) is 0. The largest absolute Gasteiger partial charge is 0.415 e. The van der Waals surface area contributed by atoms with E-state index in [1.54, 1.807) is 0 Å². The zero-order valence-corrected chi connectivity index (χ0v) is 27.4. The molecule has 0 radical (unpaired) electrons. The van der Waals surface area contributed by atoms with Crippen molar-refractivity contribution in [3.63, 3.8) is 0 Å². The number of benzene rings is 1. The van der Waals surface area contributed by atoms with Crippen molar-refractivity contribution < 1.29 is 13.7 Å². The van der Waals surface area contributed by atoms with E-state index in [2.05, 4.69) is 83.5 Å². The van der Waals surface area contributed by atoms with E-state index < -0.39 is 16.6 Å². The summed E-state index contributed by atoms with van der Waals surface area (Å²) in [5, 5.41) is 4.85. The fourth-order valence-electron chi connectivity index (χ4n) is 9.18. The Morgan fingerprint density at radius 2 is 1.61 bits per heavy atom. The van der Waals surface area contributed by atoms with Gasteiger partial charge in [0, 0.05) is 17.6 Å². The van der Waals surface area contributed by atoms with Gasteiger partial charge in [0.15, 0.2) is 16.6 Å². The topological polar surface area (TPSA) is 40.0 Å². The van der Waals surface area contributed by atoms with Gasteiger partial charge in [0.2, 0.25) is 0 Å². The quantitative estimate of drug-likeness (QED) is 0.250. The Morgan fingerprint density at radius 3 is 2.29 bits per heavy atom. The maximum Gasteiger partial charge on any atom is 0.184 e. The van der Waals surface area contributed by atoms with E-state index in [1.807, 2.05) is 0 Å². The number of fused-ring (bicyclic) bond motifs is 5. The van der Waals surface area contributed by atoms with E-state index in [4.69, 9.17) is 18.8 Å². The molecule has 0 spiro atoms. The molecule has 0 saturated heterocycles. The van der Waals surface area contributed by atoms with Gasteiger partial charge in [0.1, 0.15) is 6.61 Å². The molecule has 5 rings (SSSR count). The minimum absolute atomic E-state index is 0.0868. The predicted molar refractivity (Wildman–Crippen MR) is 162 cm³/mol. The summed E-state index contributed by atoms with van der Waals surface area (Å²) >= 11 is 0. The van der Waals surface area contributed by atoms with Gasteiger partial charge in [-0.2, -0.15) is 0 Å². The summed E-state index contributed by atoms with van der Waals surface area (Å²) in [5.41, 5.74) is 2.92. The zero-order chi connectivity index (χ0) is 27.3. The Bertz CT molecular complexity index is 1000. The molecule has 6 heteroatoms. The lowest BCUT2D eigenvalue weighted by molar-refractivity contribution is -0.157. The SMILES string of the molecule is C[C@]12CC[C@@H](O[Si](C)(C)C)C[C@H]1CC[C@@H]1[C@@H]2[C@@H](O[Si](C)(C)C)C[C@]2(C)/C(=N\OCc3ccccc3)CC[C@@H]12. The van der Waals surface area contributed by atoms with Crippen molar-refractivity contribution in [2.45, 2.75) is 123 Å². The maximum atomic E-state index is 7.18. The Balaban J connectivity index is 1.39. The number of rotatable bonds is 7. The molecule has 0 unspecified atom stereocenters. The van der Waals surface area contributed by atoms with Gasteiger partial charge in [0.25, 0.3) is 0 Å². The molecule has 4 nitrogen and oxygen atoms in total. The second kappa shape index (κ2) is 10.5. The molecular formula is C32H53NO3Si2. The van der Waals surface area contributed by atoms with Crippen LogP contribution in [-0.2, 0) is 20.3 Å². The molecule has 8 atom stereocenters. The molecule has 1 aromatic rings. The van der Waals surface area contributed by atoms with E-state index in [0.717, 1.165) is 24.7 Å². The third kappa shape index (κ3) is 5.75. The molecule has 0 bridgehead atoms. The monoisotopic (exact) mass is 555 g/mol. The molecule has 4 aliphatic carbocycles. The van der Waals surface area contributed by atoms with Crippen LogP contribution in [0.25, 0.3) is 0 Å². The lowest BCUT2D eigenvalue weighted by Crippen LogP contribution is -2.61. The first kappa shape index (κ1) is 28.6. The lowest BCUT2D eigenvalue weighted by atomic mass is 9.44. The molecule has 212 valence electrons. The summed E-state index contributed by atoms with van der Waals surface area (Å²) in [7, 11) is -3.23.